The smallest absolute Gasteiger partial charge is 0.416 e. The van der Waals surface area contributed by atoms with Crippen LogP contribution in [0.25, 0.3) is 0 Å². The van der Waals surface area contributed by atoms with Crippen molar-refractivity contribution in [2.45, 2.75) is 26.6 Å². The van der Waals surface area contributed by atoms with Crippen molar-refractivity contribution >= 4 is 11.9 Å². The van der Waals surface area contributed by atoms with E-state index in [4.69, 9.17) is 0 Å². The lowest BCUT2D eigenvalue weighted by Crippen LogP contribution is -2.24. The van der Waals surface area contributed by atoms with E-state index in [0.717, 1.165) is 12.1 Å². The van der Waals surface area contributed by atoms with Gasteiger partial charge in [-0.2, -0.15) is 13.2 Å². The van der Waals surface area contributed by atoms with Crippen LogP contribution in [-0.2, 0) is 17.5 Å². The van der Waals surface area contributed by atoms with E-state index in [1.54, 1.807) is 13.8 Å². The second-order valence-electron chi connectivity index (χ2n) is 5.49. The summed E-state index contributed by atoms with van der Waals surface area (Å²) in [7, 11) is 1.25. The molecule has 0 unspecified atom stereocenters. The third kappa shape index (κ3) is 4.01. The first-order valence-corrected chi connectivity index (χ1v) is 7.37. The zero-order valence-corrected chi connectivity index (χ0v) is 13.9. The van der Waals surface area contributed by atoms with Crippen molar-refractivity contribution in [1.82, 2.24) is 10.3 Å². The van der Waals surface area contributed by atoms with E-state index in [-0.39, 0.29) is 12.2 Å². The summed E-state index contributed by atoms with van der Waals surface area (Å²) in [5, 5.41) is 2.61. The van der Waals surface area contributed by atoms with Gasteiger partial charge in [-0.25, -0.2) is 4.79 Å². The Kier molecular flexibility index (Phi) is 5.20. The van der Waals surface area contributed by atoms with Crippen LogP contribution in [0.2, 0.25) is 0 Å². The second-order valence-corrected chi connectivity index (χ2v) is 5.49. The van der Waals surface area contributed by atoms with E-state index in [0.29, 0.717) is 22.4 Å². The topological polar surface area (TPSA) is 71.2 Å². The van der Waals surface area contributed by atoms with Gasteiger partial charge in [-0.3, -0.25) is 4.79 Å². The predicted molar refractivity (Wildman–Crippen MR) is 84.2 cm³/mol. The van der Waals surface area contributed by atoms with E-state index in [1.165, 1.54) is 19.2 Å². The number of hydrogen-bond acceptors (Lipinski definition) is 3. The van der Waals surface area contributed by atoms with Crippen molar-refractivity contribution < 1.29 is 27.5 Å². The average molecular weight is 354 g/mol. The lowest BCUT2D eigenvalue weighted by atomic mass is 10.1. The Labute approximate surface area is 142 Å². The van der Waals surface area contributed by atoms with E-state index in [2.05, 4.69) is 15.0 Å². The van der Waals surface area contributed by atoms with Gasteiger partial charge in [0.2, 0.25) is 0 Å². The number of aromatic nitrogens is 1. The van der Waals surface area contributed by atoms with Crippen molar-refractivity contribution in [3.8, 4) is 0 Å². The van der Waals surface area contributed by atoms with Gasteiger partial charge in [-0.05, 0) is 37.1 Å². The summed E-state index contributed by atoms with van der Waals surface area (Å²) in [5.74, 6) is -1.01. The summed E-state index contributed by atoms with van der Waals surface area (Å²) in [6, 6.07) is 4.52. The first-order chi connectivity index (χ1) is 11.6. The minimum Gasteiger partial charge on any atom is -0.465 e. The van der Waals surface area contributed by atoms with Gasteiger partial charge >= 0.3 is 12.1 Å². The number of nitrogens with one attached hydrogen (secondary N) is 2. The van der Waals surface area contributed by atoms with Gasteiger partial charge in [-0.1, -0.05) is 12.1 Å². The Morgan fingerprint density at radius 3 is 2.28 bits per heavy atom. The fraction of sp³-hybridized carbons (Fsp3) is 0.294. The molecule has 1 heterocycles. The number of rotatable bonds is 4. The molecule has 0 aliphatic heterocycles. The normalized spacial score (nSPS) is 11.3. The molecule has 0 spiro atoms. The standard InChI is InChI=1S/C17H17F3N2O3/c1-9-13(16(24)25-3)10(2)22-14(9)15(23)21-8-11-4-6-12(7-5-11)17(18,19)20/h4-7,22H,8H2,1-3H3,(H,21,23). The lowest BCUT2D eigenvalue weighted by molar-refractivity contribution is -0.137. The molecule has 0 aliphatic rings. The molecule has 0 fully saturated rings. The summed E-state index contributed by atoms with van der Waals surface area (Å²) in [4.78, 5) is 26.8. The Morgan fingerprint density at radius 1 is 1.16 bits per heavy atom. The number of ether oxygens (including phenoxy) is 1. The van der Waals surface area contributed by atoms with Gasteiger partial charge in [-0.15, -0.1) is 0 Å². The van der Waals surface area contributed by atoms with Crippen LogP contribution in [-0.4, -0.2) is 24.0 Å². The van der Waals surface area contributed by atoms with Crippen LogP contribution >= 0.6 is 0 Å². The maximum atomic E-state index is 12.5. The molecule has 2 rings (SSSR count). The largest absolute Gasteiger partial charge is 0.465 e. The van der Waals surface area contributed by atoms with E-state index in [1.807, 2.05) is 0 Å². The van der Waals surface area contributed by atoms with E-state index in [9.17, 15) is 22.8 Å². The van der Waals surface area contributed by atoms with Crippen LogP contribution < -0.4 is 5.32 Å². The second kappa shape index (κ2) is 7.00. The Hall–Kier alpha value is -2.77. The van der Waals surface area contributed by atoms with Crippen molar-refractivity contribution in [3.63, 3.8) is 0 Å². The zero-order chi connectivity index (χ0) is 18.8. The minimum absolute atomic E-state index is 0.0576. The van der Waals surface area contributed by atoms with E-state index < -0.39 is 23.6 Å². The number of benzene rings is 1. The molecule has 1 aromatic heterocycles. The molecule has 1 amide bonds. The maximum Gasteiger partial charge on any atom is 0.416 e. The molecule has 2 N–H and O–H groups in total. The number of halogens is 3. The number of hydrogen-bond donors (Lipinski definition) is 2. The van der Waals surface area contributed by atoms with Gasteiger partial charge < -0.3 is 15.0 Å². The van der Waals surface area contributed by atoms with Crippen molar-refractivity contribution in [3.05, 3.63) is 57.9 Å². The maximum absolute atomic E-state index is 12.5. The molecule has 0 saturated heterocycles. The molecule has 0 aliphatic carbocycles. The third-order valence-electron chi connectivity index (χ3n) is 3.79. The summed E-state index contributed by atoms with van der Waals surface area (Å²) >= 11 is 0. The van der Waals surface area contributed by atoms with Crippen molar-refractivity contribution in [2.24, 2.45) is 0 Å². The highest BCUT2D eigenvalue weighted by atomic mass is 19.4. The molecule has 8 heteroatoms. The van der Waals surface area contributed by atoms with Gasteiger partial charge in [0.25, 0.3) is 5.91 Å². The highest BCUT2D eigenvalue weighted by Crippen LogP contribution is 2.29. The van der Waals surface area contributed by atoms with Gasteiger partial charge in [0.1, 0.15) is 5.69 Å². The fourth-order valence-corrected chi connectivity index (χ4v) is 2.47. The monoisotopic (exact) mass is 354 g/mol. The highest BCUT2D eigenvalue weighted by Gasteiger charge is 2.30. The molecular formula is C17H17F3N2O3. The molecule has 0 radical (unpaired) electrons. The molecular weight excluding hydrogens is 337 g/mol. The quantitative estimate of drug-likeness (QED) is 0.827. The van der Waals surface area contributed by atoms with Crippen LogP contribution in [0.15, 0.2) is 24.3 Å². The number of carbonyl (C=O) groups excluding carboxylic acids is 2. The third-order valence-corrected chi connectivity index (χ3v) is 3.79. The number of alkyl halides is 3. The van der Waals surface area contributed by atoms with Crippen LogP contribution in [0.1, 0.15) is 43.2 Å². The number of aromatic amines is 1. The van der Waals surface area contributed by atoms with Crippen LogP contribution in [0, 0.1) is 13.8 Å². The van der Waals surface area contributed by atoms with Gasteiger partial charge in [0, 0.05) is 12.2 Å². The molecule has 2 aromatic rings. The minimum atomic E-state index is -4.40. The Balaban J connectivity index is 2.10. The van der Waals surface area contributed by atoms with Crippen molar-refractivity contribution in [2.75, 3.05) is 7.11 Å². The van der Waals surface area contributed by atoms with Crippen LogP contribution in [0.5, 0.6) is 0 Å². The number of H-pyrrole nitrogens is 1. The summed E-state index contributed by atoms with van der Waals surface area (Å²) in [6.45, 7) is 3.32. The first-order valence-electron chi connectivity index (χ1n) is 7.37. The summed E-state index contributed by atoms with van der Waals surface area (Å²) < 4.78 is 42.2. The average Bonchev–Trinajstić information content (AvgIpc) is 2.86. The van der Waals surface area contributed by atoms with E-state index >= 15 is 0 Å². The first kappa shape index (κ1) is 18.6. The molecule has 0 atom stereocenters. The molecule has 0 saturated carbocycles. The number of carbonyl (C=O) groups is 2. The van der Waals surface area contributed by atoms with Crippen LogP contribution in [0.3, 0.4) is 0 Å². The number of amides is 1. The number of aryl methyl sites for hydroxylation is 1. The number of esters is 1. The number of methoxy groups -OCH3 is 1. The van der Waals surface area contributed by atoms with Crippen LogP contribution in [0.4, 0.5) is 13.2 Å². The molecule has 1 aromatic carbocycles. The molecule has 0 bridgehead atoms. The molecule has 25 heavy (non-hydrogen) atoms. The Bertz CT molecular complexity index is 793. The predicted octanol–water partition coefficient (Wildman–Crippen LogP) is 3.37. The molecule has 134 valence electrons. The summed E-state index contributed by atoms with van der Waals surface area (Å²) in [6.07, 6.45) is -4.40. The zero-order valence-electron chi connectivity index (χ0n) is 13.9. The van der Waals surface area contributed by atoms with Gasteiger partial charge in [0.05, 0.1) is 18.2 Å². The van der Waals surface area contributed by atoms with Crippen molar-refractivity contribution in [1.29, 1.82) is 0 Å². The molecule has 5 nitrogen and oxygen atoms in total. The lowest BCUT2D eigenvalue weighted by Gasteiger charge is -2.08. The summed E-state index contributed by atoms with van der Waals surface area (Å²) in [5.41, 5.74) is 1.24. The van der Waals surface area contributed by atoms with Gasteiger partial charge in [0.15, 0.2) is 0 Å². The Morgan fingerprint density at radius 2 is 1.76 bits per heavy atom. The fourth-order valence-electron chi connectivity index (χ4n) is 2.47. The highest BCUT2D eigenvalue weighted by molar-refractivity contribution is 6.00. The SMILES string of the molecule is COC(=O)c1c(C)[nH]c(C(=O)NCc2ccc(C(F)(F)F)cc2)c1C.